The predicted molar refractivity (Wildman–Crippen MR) is 106 cm³/mol. The van der Waals surface area contributed by atoms with E-state index in [4.69, 9.17) is 5.73 Å². The minimum atomic E-state index is -0.429. The summed E-state index contributed by atoms with van der Waals surface area (Å²) in [5.74, 6) is 1.87. The number of β-amino-alcohol motifs (C(OH)–C–C–N with tert-alkyl or cyclic N) is 1. The average molecular weight is 372 g/mol. The van der Waals surface area contributed by atoms with Crippen LogP contribution in [-0.2, 0) is 4.79 Å². The van der Waals surface area contributed by atoms with Crippen LogP contribution < -0.4 is 11.1 Å². The highest BCUT2D eigenvalue weighted by Crippen LogP contribution is 2.47. The van der Waals surface area contributed by atoms with Gasteiger partial charge in [0.05, 0.1) is 12.0 Å². The molecule has 2 bridgehead atoms. The van der Waals surface area contributed by atoms with Crippen LogP contribution in [0.15, 0.2) is 30.3 Å². The number of nitrogens with one attached hydrogen (secondary N) is 1. The van der Waals surface area contributed by atoms with Crippen molar-refractivity contribution in [3.05, 3.63) is 35.9 Å². The number of carbonyl (C=O) groups is 1. The minimum Gasteiger partial charge on any atom is -0.387 e. The summed E-state index contributed by atoms with van der Waals surface area (Å²) in [4.78, 5) is 15.0. The van der Waals surface area contributed by atoms with Crippen LogP contribution in [0.4, 0.5) is 0 Å². The van der Waals surface area contributed by atoms with Crippen molar-refractivity contribution in [2.45, 2.75) is 44.2 Å². The van der Waals surface area contributed by atoms with E-state index in [1.807, 2.05) is 30.3 Å². The molecule has 5 nitrogen and oxygen atoms in total. The summed E-state index contributed by atoms with van der Waals surface area (Å²) in [5, 5.41) is 13.6. The van der Waals surface area contributed by atoms with Crippen molar-refractivity contribution in [2.75, 3.05) is 26.2 Å². The smallest absolute Gasteiger partial charge is 0.224 e. The van der Waals surface area contributed by atoms with Crippen LogP contribution in [0.5, 0.6) is 0 Å². The number of nitrogens with zero attached hydrogens (tertiary/aromatic N) is 1. The normalized spacial score (nSPS) is 32.5. The minimum absolute atomic E-state index is 0.0462. The van der Waals surface area contributed by atoms with Gasteiger partial charge in [-0.1, -0.05) is 30.3 Å². The number of fused-ring (bicyclic) bond motifs is 2. The lowest BCUT2D eigenvalue weighted by Gasteiger charge is -2.34. The average Bonchev–Trinajstić information content (AvgIpc) is 3.29. The van der Waals surface area contributed by atoms with E-state index in [0.717, 1.165) is 44.5 Å². The number of likely N-dealkylation sites (tertiary alicyclic amines) is 1. The molecule has 0 aromatic heterocycles. The zero-order valence-electron chi connectivity index (χ0n) is 16.1. The Morgan fingerprint density at radius 3 is 2.52 bits per heavy atom. The summed E-state index contributed by atoms with van der Waals surface area (Å²) in [7, 11) is 0. The van der Waals surface area contributed by atoms with E-state index in [1.54, 1.807) is 0 Å². The van der Waals surface area contributed by atoms with E-state index >= 15 is 0 Å². The van der Waals surface area contributed by atoms with Crippen LogP contribution >= 0.6 is 0 Å². The third kappa shape index (κ3) is 4.20. The first-order valence-corrected chi connectivity index (χ1v) is 10.6. The Balaban J connectivity index is 1.18. The fourth-order valence-corrected chi connectivity index (χ4v) is 5.49. The SMILES string of the molecule is NC1C2CCC(C2)C1C(=O)NCC1CCN(CC(O)c2ccccc2)CC1. The predicted octanol–water partition coefficient (Wildman–Crippen LogP) is 1.92. The Morgan fingerprint density at radius 1 is 1.15 bits per heavy atom. The highest BCUT2D eigenvalue weighted by atomic mass is 16.3. The molecule has 4 rings (SSSR count). The lowest BCUT2D eigenvalue weighted by Crippen LogP contribution is -2.47. The molecular formula is C22H33N3O2. The van der Waals surface area contributed by atoms with Crippen molar-refractivity contribution in [3.8, 4) is 0 Å². The molecule has 1 saturated heterocycles. The van der Waals surface area contributed by atoms with Crippen LogP contribution in [0.25, 0.3) is 0 Å². The largest absolute Gasteiger partial charge is 0.387 e. The second kappa shape index (κ2) is 8.29. The molecule has 5 heteroatoms. The molecule has 0 spiro atoms. The number of carbonyl (C=O) groups excluding carboxylic acids is 1. The molecule has 3 fully saturated rings. The zero-order chi connectivity index (χ0) is 18.8. The van der Waals surface area contributed by atoms with Gasteiger partial charge in [0.15, 0.2) is 0 Å². The van der Waals surface area contributed by atoms with Gasteiger partial charge in [-0.2, -0.15) is 0 Å². The van der Waals surface area contributed by atoms with Crippen molar-refractivity contribution in [2.24, 2.45) is 29.4 Å². The van der Waals surface area contributed by atoms with E-state index in [2.05, 4.69) is 10.2 Å². The van der Waals surface area contributed by atoms with Gasteiger partial charge >= 0.3 is 0 Å². The Kier molecular flexibility index (Phi) is 5.81. The third-order valence-corrected chi connectivity index (χ3v) is 7.17. The van der Waals surface area contributed by atoms with Gasteiger partial charge in [-0.15, -0.1) is 0 Å². The van der Waals surface area contributed by atoms with Crippen LogP contribution in [0.1, 0.15) is 43.8 Å². The van der Waals surface area contributed by atoms with Gasteiger partial charge in [-0.25, -0.2) is 0 Å². The first kappa shape index (κ1) is 18.9. The number of rotatable bonds is 6. The second-order valence-corrected chi connectivity index (χ2v) is 8.85. The first-order valence-electron chi connectivity index (χ1n) is 10.6. The van der Waals surface area contributed by atoms with Crippen LogP contribution in [0.3, 0.4) is 0 Å². The van der Waals surface area contributed by atoms with Crippen molar-refractivity contribution >= 4 is 5.91 Å². The number of aliphatic hydroxyl groups excluding tert-OH is 1. The molecule has 5 unspecified atom stereocenters. The Morgan fingerprint density at radius 2 is 1.85 bits per heavy atom. The zero-order valence-corrected chi connectivity index (χ0v) is 16.1. The van der Waals surface area contributed by atoms with Gasteiger partial charge in [0, 0.05) is 19.1 Å². The summed E-state index contributed by atoms with van der Waals surface area (Å²) in [6.07, 6.45) is 5.26. The molecule has 5 atom stereocenters. The molecule has 2 saturated carbocycles. The van der Waals surface area contributed by atoms with Crippen molar-refractivity contribution < 1.29 is 9.90 Å². The van der Waals surface area contributed by atoms with Crippen molar-refractivity contribution in [1.29, 1.82) is 0 Å². The number of hydrogen-bond donors (Lipinski definition) is 3. The molecule has 1 amide bonds. The van der Waals surface area contributed by atoms with Gasteiger partial charge in [0.25, 0.3) is 0 Å². The molecule has 148 valence electrons. The maximum Gasteiger partial charge on any atom is 0.224 e. The maximum absolute atomic E-state index is 12.6. The van der Waals surface area contributed by atoms with Gasteiger partial charge in [-0.05, 0) is 68.5 Å². The number of amides is 1. The lowest BCUT2D eigenvalue weighted by atomic mass is 9.84. The molecule has 1 heterocycles. The van der Waals surface area contributed by atoms with Gasteiger partial charge in [0.1, 0.15) is 0 Å². The first-order chi connectivity index (χ1) is 13.1. The molecule has 0 radical (unpaired) electrons. The Hall–Kier alpha value is -1.43. The third-order valence-electron chi connectivity index (χ3n) is 7.17. The van der Waals surface area contributed by atoms with E-state index in [1.165, 1.54) is 12.8 Å². The van der Waals surface area contributed by atoms with Crippen LogP contribution in [0, 0.1) is 23.7 Å². The number of benzene rings is 1. The molecule has 1 aromatic carbocycles. The molecule has 2 aliphatic carbocycles. The number of piperidine rings is 1. The standard InChI is InChI=1S/C22H33N3O2/c23-21-18-7-6-17(12-18)20(21)22(27)24-13-15-8-10-25(11-9-15)14-19(26)16-4-2-1-3-5-16/h1-5,15,17-21,26H,6-14,23H2,(H,24,27). The highest BCUT2D eigenvalue weighted by Gasteiger charge is 2.49. The molecule has 3 aliphatic rings. The Bertz CT molecular complexity index is 628. The van der Waals surface area contributed by atoms with Gasteiger partial charge in [0.2, 0.25) is 5.91 Å². The quantitative estimate of drug-likeness (QED) is 0.714. The van der Waals surface area contributed by atoms with E-state index in [9.17, 15) is 9.90 Å². The fourth-order valence-electron chi connectivity index (χ4n) is 5.49. The summed E-state index contributed by atoms with van der Waals surface area (Å²) >= 11 is 0. The topological polar surface area (TPSA) is 78.6 Å². The monoisotopic (exact) mass is 371 g/mol. The van der Waals surface area contributed by atoms with E-state index < -0.39 is 6.10 Å². The van der Waals surface area contributed by atoms with Crippen LogP contribution in [-0.4, -0.2) is 48.1 Å². The summed E-state index contributed by atoms with van der Waals surface area (Å²) in [6.45, 7) is 3.42. The van der Waals surface area contributed by atoms with Crippen molar-refractivity contribution in [1.82, 2.24) is 10.2 Å². The molecule has 1 aliphatic heterocycles. The van der Waals surface area contributed by atoms with Gasteiger partial charge in [-0.3, -0.25) is 4.79 Å². The lowest BCUT2D eigenvalue weighted by molar-refractivity contribution is -0.127. The molecule has 1 aromatic rings. The summed E-state index contributed by atoms with van der Waals surface area (Å²) in [5.41, 5.74) is 7.28. The van der Waals surface area contributed by atoms with E-state index in [-0.39, 0.29) is 17.9 Å². The number of aliphatic hydroxyl groups is 1. The summed E-state index contributed by atoms with van der Waals surface area (Å²) in [6, 6.07) is 9.94. The molecular weight excluding hydrogens is 338 g/mol. The van der Waals surface area contributed by atoms with Gasteiger partial charge < -0.3 is 21.1 Å². The van der Waals surface area contributed by atoms with Crippen LogP contribution in [0.2, 0.25) is 0 Å². The molecule has 27 heavy (non-hydrogen) atoms. The summed E-state index contributed by atoms with van der Waals surface area (Å²) < 4.78 is 0. The number of hydrogen-bond acceptors (Lipinski definition) is 4. The van der Waals surface area contributed by atoms with Crippen molar-refractivity contribution in [3.63, 3.8) is 0 Å². The second-order valence-electron chi connectivity index (χ2n) is 8.85. The number of nitrogens with two attached hydrogens (primary N) is 1. The highest BCUT2D eigenvalue weighted by molar-refractivity contribution is 5.80. The molecule has 4 N–H and O–H groups in total. The van der Waals surface area contributed by atoms with E-state index in [0.29, 0.717) is 24.3 Å². The fraction of sp³-hybridized carbons (Fsp3) is 0.682. The maximum atomic E-state index is 12.6. The Labute approximate surface area is 162 Å².